The first-order valence-corrected chi connectivity index (χ1v) is 11.7. The van der Waals surface area contributed by atoms with Gasteiger partial charge >= 0.3 is 0 Å². The van der Waals surface area contributed by atoms with E-state index in [0.717, 1.165) is 18.5 Å². The molecule has 0 atom stereocenters. The van der Waals surface area contributed by atoms with Crippen LogP contribution in [0.15, 0.2) is 52.2 Å². The number of carbonyl (C=O) groups is 1. The van der Waals surface area contributed by atoms with Gasteiger partial charge in [-0.15, -0.1) is 0 Å². The lowest BCUT2D eigenvalue weighted by Gasteiger charge is -2.33. The Balaban J connectivity index is 1.36. The van der Waals surface area contributed by atoms with Crippen LogP contribution in [0.1, 0.15) is 36.0 Å². The fourth-order valence-electron chi connectivity index (χ4n) is 4.01. The Hall–Kier alpha value is -2.36. The van der Waals surface area contributed by atoms with E-state index in [-0.39, 0.29) is 16.8 Å². The summed E-state index contributed by atoms with van der Waals surface area (Å²) in [4.78, 5) is 14.5. The molecule has 30 heavy (non-hydrogen) atoms. The van der Waals surface area contributed by atoms with E-state index < -0.39 is 16.1 Å². The van der Waals surface area contributed by atoms with Crippen molar-refractivity contribution in [3.05, 3.63) is 48.4 Å². The summed E-state index contributed by atoms with van der Waals surface area (Å²) in [6.45, 7) is 1.94. The predicted molar refractivity (Wildman–Crippen MR) is 112 cm³/mol. The van der Waals surface area contributed by atoms with Gasteiger partial charge in [0.1, 0.15) is 6.26 Å². The van der Waals surface area contributed by atoms with Crippen LogP contribution in [-0.4, -0.2) is 67.0 Å². The fraction of sp³-hybridized carbons (Fsp3) is 0.476. The molecule has 4 rings (SSSR count). The maximum atomic E-state index is 12.9. The first-order chi connectivity index (χ1) is 14.4. The van der Waals surface area contributed by atoms with E-state index in [2.05, 4.69) is 5.32 Å². The number of rotatable bonds is 5. The average molecular weight is 434 g/mol. The summed E-state index contributed by atoms with van der Waals surface area (Å²) in [5, 5.41) is 13.1. The Bertz CT molecular complexity index is 960. The van der Waals surface area contributed by atoms with Crippen LogP contribution in [0, 0.1) is 0 Å². The van der Waals surface area contributed by atoms with Crippen LogP contribution in [0.4, 0.5) is 5.69 Å². The van der Waals surface area contributed by atoms with Gasteiger partial charge in [0.15, 0.2) is 0 Å². The molecule has 0 spiro atoms. The van der Waals surface area contributed by atoms with Crippen LogP contribution in [0.5, 0.6) is 0 Å². The third-order valence-corrected chi connectivity index (χ3v) is 7.71. The fourth-order valence-corrected chi connectivity index (χ4v) is 5.53. The zero-order chi connectivity index (χ0) is 21.1. The molecule has 0 aliphatic carbocycles. The van der Waals surface area contributed by atoms with Crippen molar-refractivity contribution >= 4 is 21.6 Å². The minimum atomic E-state index is -3.57. The molecule has 9 heteroatoms. The second kappa shape index (κ2) is 8.79. The molecule has 2 aliphatic heterocycles. The lowest BCUT2D eigenvalue weighted by atomic mass is 10.0. The number of benzene rings is 1. The summed E-state index contributed by atoms with van der Waals surface area (Å²) >= 11 is 0. The number of nitrogens with zero attached hydrogens (tertiary/aromatic N) is 2. The van der Waals surface area contributed by atoms with Crippen molar-refractivity contribution in [1.82, 2.24) is 9.21 Å². The zero-order valence-corrected chi connectivity index (χ0v) is 17.6. The maximum absolute atomic E-state index is 12.9. The molecule has 1 aromatic carbocycles. The van der Waals surface area contributed by atoms with Gasteiger partial charge in [0.05, 0.1) is 22.8 Å². The third-order valence-electron chi connectivity index (χ3n) is 5.82. The lowest BCUT2D eigenvalue weighted by Crippen LogP contribution is -2.42. The summed E-state index contributed by atoms with van der Waals surface area (Å²) in [5.74, 6) is -0.0260. The number of furan rings is 1. The van der Waals surface area contributed by atoms with Crippen molar-refractivity contribution in [2.24, 2.45) is 0 Å². The second-order valence-corrected chi connectivity index (χ2v) is 9.82. The first kappa shape index (κ1) is 20.9. The van der Waals surface area contributed by atoms with Gasteiger partial charge in [-0.3, -0.25) is 4.79 Å². The molecule has 8 nitrogen and oxygen atoms in total. The van der Waals surface area contributed by atoms with Gasteiger partial charge < -0.3 is 19.7 Å². The number of piperidine rings is 2. The highest BCUT2D eigenvalue weighted by Crippen LogP contribution is 2.25. The molecule has 1 amide bonds. The summed E-state index contributed by atoms with van der Waals surface area (Å²) in [5.41, 5.74) is 1.32. The van der Waals surface area contributed by atoms with Gasteiger partial charge in [-0.2, -0.15) is 4.31 Å². The van der Waals surface area contributed by atoms with E-state index in [1.807, 2.05) is 11.0 Å². The average Bonchev–Trinajstić information content (AvgIpc) is 3.29. The molecule has 0 bridgehead atoms. The van der Waals surface area contributed by atoms with Gasteiger partial charge in [-0.05, 0) is 49.9 Å². The number of carbonyl (C=O) groups excluding carboxylic acids is 1. The number of anilines is 1. The van der Waals surface area contributed by atoms with E-state index in [0.29, 0.717) is 44.6 Å². The molecule has 0 radical (unpaired) electrons. The van der Waals surface area contributed by atoms with Gasteiger partial charge in [-0.25, -0.2) is 8.42 Å². The largest absolute Gasteiger partial charge is 0.472 e. The Morgan fingerprint density at radius 1 is 1.07 bits per heavy atom. The molecule has 2 aromatic rings. The third kappa shape index (κ3) is 4.53. The molecule has 2 saturated heterocycles. The van der Waals surface area contributed by atoms with E-state index >= 15 is 0 Å². The number of hydrogen-bond acceptors (Lipinski definition) is 6. The number of hydrogen-bond donors (Lipinski definition) is 2. The molecule has 1 aromatic heterocycles. The maximum Gasteiger partial charge on any atom is 0.257 e. The number of aliphatic hydroxyl groups excluding tert-OH is 1. The Labute approximate surface area is 176 Å². The topological polar surface area (TPSA) is 103 Å². The van der Waals surface area contributed by atoms with Crippen LogP contribution in [0.2, 0.25) is 0 Å². The monoisotopic (exact) mass is 433 g/mol. The smallest absolute Gasteiger partial charge is 0.257 e. The number of aliphatic hydroxyl groups is 1. The van der Waals surface area contributed by atoms with Crippen LogP contribution >= 0.6 is 0 Å². The van der Waals surface area contributed by atoms with Gasteiger partial charge in [0.25, 0.3) is 5.91 Å². The van der Waals surface area contributed by atoms with E-state index in [1.54, 1.807) is 24.3 Å². The van der Waals surface area contributed by atoms with Crippen LogP contribution in [0.3, 0.4) is 0 Å². The Morgan fingerprint density at radius 2 is 1.80 bits per heavy atom. The van der Waals surface area contributed by atoms with Crippen molar-refractivity contribution in [3.63, 3.8) is 0 Å². The number of amides is 1. The summed E-state index contributed by atoms with van der Waals surface area (Å²) in [6, 6.07) is 8.72. The van der Waals surface area contributed by atoms with Crippen LogP contribution in [-0.2, 0) is 10.0 Å². The van der Waals surface area contributed by atoms with Gasteiger partial charge in [-0.1, -0.05) is 6.07 Å². The summed E-state index contributed by atoms with van der Waals surface area (Å²) < 4.78 is 32.3. The number of likely N-dealkylation sites (tertiary alicyclic amines) is 1. The van der Waals surface area contributed by atoms with Gasteiger partial charge in [0.2, 0.25) is 10.0 Å². The molecule has 3 heterocycles. The van der Waals surface area contributed by atoms with E-state index in [1.165, 1.54) is 16.8 Å². The lowest BCUT2D eigenvalue weighted by molar-refractivity contribution is 0.0717. The SMILES string of the molecule is O=C(c1ccoc1)N1CCC(Nc2cccc(S(=O)(=O)N3CCC(O)CC3)c2)CC1. The highest BCUT2D eigenvalue weighted by Gasteiger charge is 2.29. The molecule has 2 fully saturated rings. The quantitative estimate of drug-likeness (QED) is 0.749. The summed E-state index contributed by atoms with van der Waals surface area (Å²) in [7, 11) is -3.57. The molecule has 2 aliphatic rings. The van der Waals surface area contributed by atoms with Crippen LogP contribution in [0.25, 0.3) is 0 Å². The highest BCUT2D eigenvalue weighted by molar-refractivity contribution is 7.89. The molecular weight excluding hydrogens is 406 g/mol. The standard InChI is InChI=1S/C21H27N3O5S/c25-19-6-11-24(12-7-19)30(27,28)20-3-1-2-18(14-20)22-17-4-9-23(10-5-17)21(26)16-8-13-29-15-16/h1-3,8,13-15,17,19,22,25H,4-7,9-12H2. The Morgan fingerprint density at radius 3 is 2.47 bits per heavy atom. The van der Waals surface area contributed by atoms with Crippen LogP contribution < -0.4 is 5.32 Å². The van der Waals surface area contributed by atoms with Crippen molar-refractivity contribution < 1.29 is 22.7 Å². The molecule has 0 unspecified atom stereocenters. The number of sulfonamides is 1. The molecule has 0 saturated carbocycles. The van der Waals surface area contributed by atoms with Crippen molar-refractivity contribution in [2.45, 2.75) is 42.7 Å². The van der Waals surface area contributed by atoms with Crippen molar-refractivity contribution in [3.8, 4) is 0 Å². The highest BCUT2D eigenvalue weighted by atomic mass is 32.2. The Kier molecular flexibility index (Phi) is 6.12. The van der Waals surface area contributed by atoms with E-state index in [9.17, 15) is 18.3 Å². The molecule has 162 valence electrons. The molecular formula is C21H27N3O5S. The minimum absolute atomic E-state index is 0.0260. The first-order valence-electron chi connectivity index (χ1n) is 10.3. The summed E-state index contributed by atoms with van der Waals surface area (Å²) in [6.07, 6.45) is 5.03. The second-order valence-electron chi connectivity index (χ2n) is 7.89. The van der Waals surface area contributed by atoms with Crippen molar-refractivity contribution in [2.75, 3.05) is 31.5 Å². The predicted octanol–water partition coefficient (Wildman–Crippen LogP) is 2.14. The molecule has 2 N–H and O–H groups in total. The van der Waals surface area contributed by atoms with Gasteiger partial charge in [0, 0.05) is 37.9 Å². The number of nitrogens with one attached hydrogen (secondary N) is 1. The normalized spacial score (nSPS) is 19.7. The minimum Gasteiger partial charge on any atom is -0.472 e. The van der Waals surface area contributed by atoms with Crippen molar-refractivity contribution in [1.29, 1.82) is 0 Å². The van der Waals surface area contributed by atoms with E-state index in [4.69, 9.17) is 4.42 Å². The zero-order valence-electron chi connectivity index (χ0n) is 16.7.